The van der Waals surface area contributed by atoms with Gasteiger partial charge < -0.3 is 4.40 Å². The lowest BCUT2D eigenvalue weighted by Crippen LogP contribution is -1.96. The third kappa shape index (κ3) is 1.88. The largest absolute Gasteiger partial charge is 0.316 e. The number of hydrogen-bond donors (Lipinski definition) is 0. The molecule has 2 aliphatic carbocycles. The Morgan fingerprint density at radius 3 is 2.23 bits per heavy atom. The Morgan fingerprint density at radius 2 is 1.32 bits per heavy atom. The Hall–Kier alpha value is -3.84. The number of nitrogens with zero attached hydrogens (tertiary/aromatic N) is 1. The fourth-order valence-electron chi connectivity index (χ4n) is 6.18. The molecular weight excluding hydrogens is 374 g/mol. The molecule has 8 rings (SSSR count). The molecule has 144 valence electrons. The molecule has 6 aromatic rings. The molecule has 0 amide bonds. The van der Waals surface area contributed by atoms with Gasteiger partial charge in [0.15, 0.2) is 0 Å². The minimum absolute atomic E-state index is 1.01. The molecule has 2 heterocycles. The SMILES string of the molecule is c1ccc2c(c1)Cc1c-2ccc2c3ccc4c(c3c3cccn3c12)-c1ccccc1C4. The summed E-state index contributed by atoms with van der Waals surface area (Å²) >= 11 is 0. The van der Waals surface area contributed by atoms with Crippen molar-refractivity contribution in [1.82, 2.24) is 4.40 Å². The lowest BCUT2D eigenvalue weighted by atomic mass is 9.93. The van der Waals surface area contributed by atoms with Crippen LogP contribution >= 0.6 is 0 Å². The summed E-state index contributed by atoms with van der Waals surface area (Å²) in [6, 6.07) is 31.7. The predicted molar refractivity (Wildman–Crippen MR) is 129 cm³/mol. The molecular formula is C30H19N. The molecule has 0 saturated carbocycles. The fraction of sp³-hybridized carbons (Fsp3) is 0.0667. The van der Waals surface area contributed by atoms with Crippen molar-refractivity contribution in [3.63, 3.8) is 0 Å². The second-order valence-corrected chi connectivity index (χ2v) is 8.94. The van der Waals surface area contributed by atoms with Crippen LogP contribution in [0.5, 0.6) is 0 Å². The van der Waals surface area contributed by atoms with Gasteiger partial charge >= 0.3 is 0 Å². The van der Waals surface area contributed by atoms with Gasteiger partial charge in [0, 0.05) is 23.4 Å². The van der Waals surface area contributed by atoms with Crippen molar-refractivity contribution in [3.05, 3.63) is 113 Å². The van der Waals surface area contributed by atoms with E-state index in [1.54, 1.807) is 0 Å². The summed E-state index contributed by atoms with van der Waals surface area (Å²) in [4.78, 5) is 0. The van der Waals surface area contributed by atoms with Crippen molar-refractivity contribution in [2.45, 2.75) is 12.8 Å². The summed E-state index contributed by atoms with van der Waals surface area (Å²) in [6.45, 7) is 0. The fourth-order valence-corrected chi connectivity index (χ4v) is 6.18. The number of hydrogen-bond acceptors (Lipinski definition) is 0. The second kappa shape index (κ2) is 5.44. The monoisotopic (exact) mass is 393 g/mol. The molecule has 4 aromatic carbocycles. The molecule has 2 aromatic heterocycles. The first-order chi connectivity index (χ1) is 15.4. The lowest BCUT2D eigenvalue weighted by Gasteiger charge is -2.16. The van der Waals surface area contributed by atoms with Crippen LogP contribution in [0.4, 0.5) is 0 Å². The molecule has 0 fully saturated rings. The van der Waals surface area contributed by atoms with Crippen LogP contribution in [-0.4, -0.2) is 4.40 Å². The zero-order chi connectivity index (χ0) is 20.1. The van der Waals surface area contributed by atoms with Crippen LogP contribution < -0.4 is 0 Å². The lowest BCUT2D eigenvalue weighted by molar-refractivity contribution is 1.21. The van der Waals surface area contributed by atoms with Gasteiger partial charge in [0.05, 0.1) is 11.0 Å². The maximum Gasteiger partial charge on any atom is 0.0575 e. The van der Waals surface area contributed by atoms with Gasteiger partial charge in [-0.15, -0.1) is 0 Å². The molecule has 1 heteroatoms. The first kappa shape index (κ1) is 15.9. The maximum absolute atomic E-state index is 2.45. The van der Waals surface area contributed by atoms with Gasteiger partial charge in [-0.3, -0.25) is 0 Å². The average molecular weight is 393 g/mol. The summed E-state index contributed by atoms with van der Waals surface area (Å²) in [5, 5.41) is 4.13. The number of fused-ring (bicyclic) bond motifs is 14. The van der Waals surface area contributed by atoms with E-state index in [9.17, 15) is 0 Å². The normalized spacial score (nSPS) is 13.5. The van der Waals surface area contributed by atoms with Gasteiger partial charge in [-0.25, -0.2) is 0 Å². The highest BCUT2D eigenvalue weighted by atomic mass is 14.9. The van der Waals surface area contributed by atoms with Crippen LogP contribution in [0.2, 0.25) is 0 Å². The summed E-state index contributed by atoms with van der Waals surface area (Å²) in [5.74, 6) is 0. The summed E-state index contributed by atoms with van der Waals surface area (Å²) < 4.78 is 2.45. The molecule has 0 N–H and O–H groups in total. The third-order valence-corrected chi connectivity index (χ3v) is 7.45. The second-order valence-electron chi connectivity index (χ2n) is 8.94. The number of benzene rings is 4. The summed E-state index contributed by atoms with van der Waals surface area (Å²) in [6.07, 6.45) is 4.29. The molecule has 0 saturated heterocycles. The molecule has 0 spiro atoms. The zero-order valence-electron chi connectivity index (χ0n) is 17.0. The number of pyridine rings is 1. The van der Waals surface area contributed by atoms with Gasteiger partial charge in [0.2, 0.25) is 0 Å². The highest BCUT2D eigenvalue weighted by molar-refractivity contribution is 6.20. The third-order valence-electron chi connectivity index (χ3n) is 7.45. The van der Waals surface area contributed by atoms with E-state index in [0.29, 0.717) is 0 Å². The van der Waals surface area contributed by atoms with Crippen molar-refractivity contribution in [2.75, 3.05) is 0 Å². The predicted octanol–water partition coefficient (Wildman–Crippen LogP) is 7.39. The minimum atomic E-state index is 1.01. The first-order valence-electron chi connectivity index (χ1n) is 11.1. The van der Waals surface area contributed by atoms with E-state index in [2.05, 4.69) is 95.5 Å². The van der Waals surface area contributed by atoms with Gasteiger partial charge in [0.1, 0.15) is 0 Å². The first-order valence-corrected chi connectivity index (χ1v) is 11.1. The van der Waals surface area contributed by atoms with Crippen LogP contribution in [0.1, 0.15) is 22.3 Å². The van der Waals surface area contributed by atoms with Crippen LogP contribution in [0.25, 0.3) is 49.4 Å². The van der Waals surface area contributed by atoms with Crippen LogP contribution in [0, 0.1) is 0 Å². The Morgan fingerprint density at radius 1 is 0.548 bits per heavy atom. The zero-order valence-corrected chi connectivity index (χ0v) is 17.0. The quantitative estimate of drug-likeness (QED) is 0.237. The molecule has 1 nitrogen and oxygen atoms in total. The van der Waals surface area contributed by atoms with Crippen molar-refractivity contribution in [3.8, 4) is 22.3 Å². The van der Waals surface area contributed by atoms with Crippen LogP contribution in [0.15, 0.2) is 91.1 Å². The van der Waals surface area contributed by atoms with Gasteiger partial charge in [-0.2, -0.15) is 0 Å². The van der Waals surface area contributed by atoms with Crippen LogP contribution in [0.3, 0.4) is 0 Å². The Balaban J connectivity index is 1.58. The summed E-state index contributed by atoms with van der Waals surface area (Å²) in [5.41, 5.74) is 14.1. The molecule has 0 radical (unpaired) electrons. The average Bonchev–Trinajstić information content (AvgIpc) is 3.53. The van der Waals surface area contributed by atoms with E-state index in [1.165, 1.54) is 71.7 Å². The molecule has 31 heavy (non-hydrogen) atoms. The highest BCUT2D eigenvalue weighted by Crippen LogP contribution is 2.47. The molecule has 0 atom stereocenters. The van der Waals surface area contributed by atoms with E-state index in [1.807, 2.05) is 0 Å². The van der Waals surface area contributed by atoms with Crippen molar-refractivity contribution in [2.24, 2.45) is 0 Å². The molecule has 0 unspecified atom stereocenters. The van der Waals surface area contributed by atoms with Gasteiger partial charge in [-0.1, -0.05) is 72.8 Å². The standard InChI is InChI=1S/C30H19N/c1-3-8-21-19(7-1)17-26-23(21)13-14-25-24-12-11-20-16-18-6-2-4-9-22(18)28(20)29(24)27-10-5-15-31(27)30(25)26/h1-15H,16-17H2. The Kier molecular flexibility index (Phi) is 2.80. The highest BCUT2D eigenvalue weighted by Gasteiger charge is 2.26. The van der Waals surface area contributed by atoms with E-state index < -0.39 is 0 Å². The van der Waals surface area contributed by atoms with Gasteiger partial charge in [-0.05, 0) is 68.4 Å². The molecule has 2 aliphatic rings. The van der Waals surface area contributed by atoms with E-state index in [-0.39, 0.29) is 0 Å². The van der Waals surface area contributed by atoms with Crippen molar-refractivity contribution < 1.29 is 0 Å². The van der Waals surface area contributed by atoms with E-state index in [4.69, 9.17) is 0 Å². The number of rotatable bonds is 0. The van der Waals surface area contributed by atoms with E-state index >= 15 is 0 Å². The van der Waals surface area contributed by atoms with Gasteiger partial charge in [0.25, 0.3) is 0 Å². The van der Waals surface area contributed by atoms with Crippen molar-refractivity contribution in [1.29, 1.82) is 0 Å². The van der Waals surface area contributed by atoms with E-state index in [0.717, 1.165) is 12.8 Å². The smallest absolute Gasteiger partial charge is 0.0575 e. The summed E-state index contributed by atoms with van der Waals surface area (Å²) in [7, 11) is 0. The topological polar surface area (TPSA) is 4.41 Å². The molecule has 0 bridgehead atoms. The number of aromatic nitrogens is 1. The maximum atomic E-state index is 2.45. The molecule has 0 aliphatic heterocycles. The van der Waals surface area contributed by atoms with Crippen molar-refractivity contribution >= 4 is 27.2 Å². The Bertz CT molecular complexity index is 1730. The Labute approximate surface area is 180 Å². The van der Waals surface area contributed by atoms with Crippen LogP contribution in [-0.2, 0) is 12.8 Å². The minimum Gasteiger partial charge on any atom is -0.316 e.